The lowest BCUT2D eigenvalue weighted by molar-refractivity contribution is 0.0563. The molecule has 128 valence electrons. The predicted molar refractivity (Wildman–Crippen MR) is 84.7 cm³/mol. The number of sulfonamides is 1. The summed E-state index contributed by atoms with van der Waals surface area (Å²) in [6.07, 6.45) is 0.622. The first-order valence-electron chi connectivity index (χ1n) is 6.62. The van der Waals surface area contributed by atoms with Crippen LogP contribution in [0.1, 0.15) is 36.6 Å². The van der Waals surface area contributed by atoms with Crippen LogP contribution in [0.25, 0.3) is 0 Å². The van der Waals surface area contributed by atoms with Crippen LogP contribution in [0.15, 0.2) is 15.4 Å². The maximum Gasteiger partial charge on any atom is 0.373 e. The summed E-state index contributed by atoms with van der Waals surface area (Å²) in [5.74, 6) is -0.443. The van der Waals surface area contributed by atoms with Crippen molar-refractivity contribution in [3.63, 3.8) is 0 Å². The van der Waals surface area contributed by atoms with Crippen molar-refractivity contribution in [3.8, 4) is 0 Å². The third kappa shape index (κ3) is 5.28. The molecule has 1 aromatic rings. The van der Waals surface area contributed by atoms with E-state index in [-0.39, 0.29) is 41.4 Å². The summed E-state index contributed by atoms with van der Waals surface area (Å²) in [7, 11) is -2.61. The molecule has 1 rings (SSSR count). The number of hydrogen-bond acceptors (Lipinski definition) is 6. The summed E-state index contributed by atoms with van der Waals surface area (Å²) in [4.78, 5) is 11.3. The largest absolute Gasteiger partial charge is 0.463 e. The van der Waals surface area contributed by atoms with E-state index < -0.39 is 16.0 Å². The van der Waals surface area contributed by atoms with Crippen molar-refractivity contribution in [2.24, 2.45) is 11.7 Å². The molecule has 0 aliphatic rings. The number of nitrogens with one attached hydrogen (secondary N) is 1. The Morgan fingerprint density at radius 2 is 2.05 bits per heavy atom. The lowest BCUT2D eigenvalue weighted by Crippen LogP contribution is -2.41. The highest BCUT2D eigenvalue weighted by molar-refractivity contribution is 7.89. The maximum atomic E-state index is 12.3. The average molecular weight is 355 g/mol. The zero-order chi connectivity index (χ0) is 16.2. The van der Waals surface area contributed by atoms with Gasteiger partial charge in [0.1, 0.15) is 10.7 Å². The molecule has 22 heavy (non-hydrogen) atoms. The molecule has 0 spiro atoms. The molecule has 0 fully saturated rings. The van der Waals surface area contributed by atoms with Crippen LogP contribution >= 0.6 is 12.4 Å². The Labute approximate surface area is 137 Å². The molecule has 1 heterocycles. The van der Waals surface area contributed by atoms with E-state index >= 15 is 0 Å². The molecule has 0 aliphatic carbocycles. The van der Waals surface area contributed by atoms with Crippen LogP contribution in [0.2, 0.25) is 0 Å². The molecule has 0 radical (unpaired) electrons. The number of aryl methyl sites for hydroxylation is 1. The van der Waals surface area contributed by atoms with Gasteiger partial charge in [-0.2, -0.15) is 0 Å². The third-order valence-corrected chi connectivity index (χ3v) is 4.54. The van der Waals surface area contributed by atoms with Gasteiger partial charge in [0.15, 0.2) is 0 Å². The van der Waals surface area contributed by atoms with Crippen molar-refractivity contribution < 1.29 is 22.4 Å². The summed E-state index contributed by atoms with van der Waals surface area (Å²) in [6, 6.07) is 0.790. The molecule has 0 amide bonds. The van der Waals surface area contributed by atoms with Crippen molar-refractivity contribution >= 4 is 28.4 Å². The van der Waals surface area contributed by atoms with E-state index in [1.165, 1.54) is 14.0 Å². The topological polar surface area (TPSA) is 112 Å². The minimum absolute atomic E-state index is 0. The Hall–Kier alpha value is -1.09. The van der Waals surface area contributed by atoms with Gasteiger partial charge >= 0.3 is 5.97 Å². The molecule has 1 atom stereocenters. The standard InChI is InChI=1S/C13H22N2O5S.ClH/c1-8(2)5-10(7-14)15-21(17,18)12-6-11(13(16)19-4)20-9(12)3;/h6,8,10,15H,5,7,14H2,1-4H3;1H. The summed E-state index contributed by atoms with van der Waals surface area (Å²) in [5.41, 5.74) is 5.59. The van der Waals surface area contributed by atoms with E-state index in [0.717, 1.165) is 6.07 Å². The Morgan fingerprint density at radius 1 is 1.45 bits per heavy atom. The summed E-state index contributed by atoms with van der Waals surface area (Å²) in [6.45, 7) is 5.63. The van der Waals surface area contributed by atoms with E-state index in [1.54, 1.807) is 0 Å². The number of hydrogen-bond donors (Lipinski definition) is 2. The molecule has 0 aliphatic heterocycles. The number of carbonyl (C=O) groups is 1. The molecule has 0 saturated carbocycles. The molecule has 0 saturated heterocycles. The smallest absolute Gasteiger partial charge is 0.373 e. The minimum atomic E-state index is -3.80. The second-order valence-electron chi connectivity index (χ2n) is 5.21. The van der Waals surface area contributed by atoms with Gasteiger partial charge in [-0.3, -0.25) is 0 Å². The van der Waals surface area contributed by atoms with Crippen molar-refractivity contribution in [2.45, 2.75) is 38.1 Å². The highest BCUT2D eigenvalue weighted by atomic mass is 35.5. The molecule has 7 nitrogen and oxygen atoms in total. The van der Waals surface area contributed by atoms with Gasteiger partial charge in [0.25, 0.3) is 0 Å². The second-order valence-corrected chi connectivity index (χ2v) is 6.89. The van der Waals surface area contributed by atoms with Crippen molar-refractivity contribution in [1.29, 1.82) is 0 Å². The van der Waals surface area contributed by atoms with Crippen molar-refractivity contribution in [3.05, 3.63) is 17.6 Å². The maximum absolute atomic E-state index is 12.3. The molecule has 0 aromatic carbocycles. The van der Waals surface area contributed by atoms with Gasteiger partial charge in [-0.1, -0.05) is 13.8 Å². The van der Waals surface area contributed by atoms with E-state index in [4.69, 9.17) is 10.2 Å². The van der Waals surface area contributed by atoms with Gasteiger partial charge in [0.05, 0.1) is 7.11 Å². The highest BCUT2D eigenvalue weighted by Crippen LogP contribution is 2.21. The highest BCUT2D eigenvalue weighted by Gasteiger charge is 2.26. The number of nitrogens with two attached hydrogens (primary N) is 1. The summed E-state index contributed by atoms with van der Waals surface area (Å²) in [5, 5.41) is 0. The van der Waals surface area contributed by atoms with E-state index in [2.05, 4.69) is 9.46 Å². The first kappa shape index (κ1) is 20.9. The Morgan fingerprint density at radius 3 is 2.50 bits per heavy atom. The molecule has 0 bridgehead atoms. The van der Waals surface area contributed by atoms with Gasteiger partial charge < -0.3 is 14.9 Å². The quantitative estimate of drug-likeness (QED) is 0.717. The monoisotopic (exact) mass is 354 g/mol. The minimum Gasteiger partial charge on any atom is -0.463 e. The zero-order valence-corrected chi connectivity index (χ0v) is 14.7. The van der Waals surface area contributed by atoms with E-state index in [9.17, 15) is 13.2 Å². The summed E-state index contributed by atoms with van der Waals surface area (Å²) < 4.78 is 36.9. The van der Waals surface area contributed by atoms with E-state index in [1.807, 2.05) is 13.8 Å². The molecule has 3 N–H and O–H groups in total. The molecule has 1 aromatic heterocycles. The lowest BCUT2D eigenvalue weighted by Gasteiger charge is -2.18. The van der Waals surface area contributed by atoms with Crippen LogP contribution in [-0.4, -0.2) is 34.1 Å². The first-order valence-corrected chi connectivity index (χ1v) is 8.10. The number of halogens is 1. The summed E-state index contributed by atoms with van der Waals surface area (Å²) >= 11 is 0. The fourth-order valence-electron chi connectivity index (χ4n) is 1.98. The lowest BCUT2D eigenvalue weighted by atomic mass is 10.1. The molecular formula is C13H23ClN2O5S. The van der Waals surface area contributed by atoms with Crippen LogP contribution in [0.3, 0.4) is 0 Å². The second kappa shape index (κ2) is 8.52. The SMILES string of the molecule is COC(=O)c1cc(S(=O)(=O)NC(CN)CC(C)C)c(C)o1.Cl. The van der Waals surface area contributed by atoms with Crippen LogP contribution < -0.4 is 10.5 Å². The number of carbonyl (C=O) groups excluding carboxylic acids is 1. The third-order valence-electron chi connectivity index (χ3n) is 2.91. The Kier molecular flexibility index (Phi) is 8.10. The van der Waals surface area contributed by atoms with Gasteiger partial charge in [-0.25, -0.2) is 17.9 Å². The zero-order valence-electron chi connectivity index (χ0n) is 13.1. The number of methoxy groups -OCH3 is 1. The Bertz CT molecular complexity index is 598. The molecular weight excluding hydrogens is 332 g/mol. The van der Waals surface area contributed by atoms with Crippen LogP contribution in [0.4, 0.5) is 0 Å². The van der Waals surface area contributed by atoms with Gasteiger partial charge in [0, 0.05) is 18.7 Å². The van der Waals surface area contributed by atoms with E-state index in [0.29, 0.717) is 12.3 Å². The fraction of sp³-hybridized carbons (Fsp3) is 0.615. The van der Waals surface area contributed by atoms with Crippen molar-refractivity contribution in [2.75, 3.05) is 13.7 Å². The van der Waals surface area contributed by atoms with Crippen LogP contribution in [0.5, 0.6) is 0 Å². The van der Waals surface area contributed by atoms with Crippen LogP contribution in [0, 0.1) is 12.8 Å². The predicted octanol–water partition coefficient (Wildman–Crippen LogP) is 1.45. The van der Waals surface area contributed by atoms with Gasteiger partial charge in [-0.15, -0.1) is 12.4 Å². The molecule has 1 unspecified atom stereocenters. The average Bonchev–Trinajstić information content (AvgIpc) is 2.79. The number of ether oxygens (including phenoxy) is 1. The Balaban J connectivity index is 0.00000441. The number of rotatable bonds is 7. The van der Waals surface area contributed by atoms with Gasteiger partial charge in [0.2, 0.25) is 15.8 Å². The normalized spacial score (nSPS) is 12.8. The number of esters is 1. The van der Waals surface area contributed by atoms with Gasteiger partial charge in [-0.05, 0) is 19.3 Å². The fourth-order valence-corrected chi connectivity index (χ4v) is 3.42. The van der Waals surface area contributed by atoms with Crippen LogP contribution in [-0.2, 0) is 14.8 Å². The van der Waals surface area contributed by atoms with Crippen molar-refractivity contribution in [1.82, 2.24) is 4.72 Å². The molecule has 9 heteroatoms. The number of furan rings is 1. The first-order chi connectivity index (χ1) is 9.71.